The fourth-order valence-corrected chi connectivity index (χ4v) is 3.87. The molecule has 0 bridgehead atoms. The predicted molar refractivity (Wildman–Crippen MR) is 116 cm³/mol. The van der Waals surface area contributed by atoms with Gasteiger partial charge in [-0.2, -0.15) is 0 Å². The van der Waals surface area contributed by atoms with Gasteiger partial charge in [-0.05, 0) is 40.6 Å². The predicted octanol–water partition coefficient (Wildman–Crippen LogP) is 3.86. The first kappa shape index (κ1) is 18.5. The molecule has 0 aliphatic carbocycles. The van der Waals surface area contributed by atoms with Crippen molar-refractivity contribution in [3.63, 3.8) is 0 Å². The van der Waals surface area contributed by atoms with Crippen LogP contribution in [0.2, 0.25) is 0 Å². The molecule has 0 saturated carbocycles. The van der Waals surface area contributed by atoms with Crippen molar-refractivity contribution in [3.05, 3.63) is 77.9 Å². The molecule has 1 aliphatic rings. The van der Waals surface area contributed by atoms with Crippen LogP contribution in [-0.2, 0) is 6.54 Å². The maximum Gasteiger partial charge on any atom is 0.253 e. The molecule has 0 radical (unpaired) electrons. The summed E-state index contributed by atoms with van der Waals surface area (Å²) in [6.07, 6.45) is 0. The highest BCUT2D eigenvalue weighted by Crippen LogP contribution is 2.21. The van der Waals surface area contributed by atoms with E-state index in [0.29, 0.717) is 0 Å². The molecule has 4 rings (SSSR count). The van der Waals surface area contributed by atoms with Crippen molar-refractivity contribution in [1.82, 2.24) is 9.80 Å². The number of carbonyl (C=O) groups excluding carboxylic acids is 1. The van der Waals surface area contributed by atoms with E-state index in [1.165, 1.54) is 16.3 Å². The van der Waals surface area contributed by atoms with Crippen LogP contribution in [0.15, 0.2) is 66.7 Å². The Morgan fingerprint density at radius 2 is 1.54 bits per heavy atom. The summed E-state index contributed by atoms with van der Waals surface area (Å²) in [4.78, 5) is 19.3. The number of piperazine rings is 1. The topological polar surface area (TPSA) is 26.8 Å². The first-order chi connectivity index (χ1) is 13.6. The van der Waals surface area contributed by atoms with Crippen LogP contribution in [-0.4, -0.2) is 56.0 Å². The molecular weight excluding hydrogens is 346 g/mol. The Kier molecular flexibility index (Phi) is 5.31. The Morgan fingerprint density at radius 3 is 2.25 bits per heavy atom. The molecule has 4 nitrogen and oxygen atoms in total. The van der Waals surface area contributed by atoms with Gasteiger partial charge in [0.25, 0.3) is 5.91 Å². The smallest absolute Gasteiger partial charge is 0.253 e. The van der Waals surface area contributed by atoms with Gasteiger partial charge in [0, 0.05) is 58.1 Å². The third-order valence-electron chi connectivity index (χ3n) is 5.56. The van der Waals surface area contributed by atoms with Crippen LogP contribution in [0.5, 0.6) is 0 Å². The Balaban J connectivity index is 1.38. The standard InChI is InChI=1S/C24H27N3O/c1-25(2)22-12-10-20(11-13-22)24(28)27-16-14-26(15-17-27)18-21-8-5-7-19-6-3-4-9-23(19)21/h3-13H,14-18H2,1-2H3. The number of hydrogen-bond acceptors (Lipinski definition) is 3. The summed E-state index contributed by atoms with van der Waals surface area (Å²) in [6, 6.07) is 22.9. The van der Waals surface area contributed by atoms with Crippen LogP contribution in [0, 0.1) is 0 Å². The Hall–Kier alpha value is -2.85. The SMILES string of the molecule is CN(C)c1ccc(C(=O)N2CCN(Cc3cccc4ccccc34)CC2)cc1. The lowest BCUT2D eigenvalue weighted by molar-refractivity contribution is 0.0629. The summed E-state index contributed by atoms with van der Waals surface area (Å²) in [7, 11) is 4.01. The first-order valence-electron chi connectivity index (χ1n) is 9.87. The van der Waals surface area contributed by atoms with Crippen LogP contribution >= 0.6 is 0 Å². The fourth-order valence-electron chi connectivity index (χ4n) is 3.87. The lowest BCUT2D eigenvalue weighted by Gasteiger charge is -2.35. The molecule has 1 fully saturated rings. The summed E-state index contributed by atoms with van der Waals surface area (Å²) in [5.74, 6) is 0.134. The molecule has 0 aromatic heterocycles. The van der Waals surface area contributed by atoms with E-state index in [0.717, 1.165) is 44.0 Å². The van der Waals surface area contributed by atoms with Crippen molar-refractivity contribution >= 4 is 22.4 Å². The van der Waals surface area contributed by atoms with Crippen molar-refractivity contribution in [2.75, 3.05) is 45.2 Å². The minimum Gasteiger partial charge on any atom is -0.378 e. The van der Waals surface area contributed by atoms with E-state index >= 15 is 0 Å². The van der Waals surface area contributed by atoms with Gasteiger partial charge in [0.05, 0.1) is 0 Å². The molecule has 4 heteroatoms. The van der Waals surface area contributed by atoms with Crippen molar-refractivity contribution in [3.8, 4) is 0 Å². The maximum atomic E-state index is 12.8. The van der Waals surface area contributed by atoms with Crippen molar-refractivity contribution < 1.29 is 4.79 Å². The van der Waals surface area contributed by atoms with Gasteiger partial charge in [-0.1, -0.05) is 42.5 Å². The van der Waals surface area contributed by atoms with Gasteiger partial charge in [0.2, 0.25) is 0 Å². The molecule has 0 unspecified atom stereocenters. The highest BCUT2D eigenvalue weighted by atomic mass is 16.2. The van der Waals surface area contributed by atoms with E-state index in [2.05, 4.69) is 47.4 Å². The van der Waals surface area contributed by atoms with Crippen LogP contribution in [0.4, 0.5) is 5.69 Å². The van der Waals surface area contributed by atoms with Crippen LogP contribution in [0.25, 0.3) is 10.8 Å². The molecule has 1 saturated heterocycles. The van der Waals surface area contributed by atoms with E-state index in [-0.39, 0.29) is 5.91 Å². The number of carbonyl (C=O) groups is 1. The van der Waals surface area contributed by atoms with Gasteiger partial charge in [0.1, 0.15) is 0 Å². The van der Waals surface area contributed by atoms with E-state index in [9.17, 15) is 4.79 Å². The Bertz CT molecular complexity index is 952. The molecule has 0 N–H and O–H groups in total. The monoisotopic (exact) mass is 373 g/mol. The summed E-state index contributed by atoms with van der Waals surface area (Å²) < 4.78 is 0. The summed E-state index contributed by atoms with van der Waals surface area (Å²) >= 11 is 0. The van der Waals surface area contributed by atoms with Crippen LogP contribution < -0.4 is 4.90 Å². The number of rotatable bonds is 4. The normalized spacial score (nSPS) is 15.0. The minimum atomic E-state index is 0.134. The average molecular weight is 374 g/mol. The zero-order valence-corrected chi connectivity index (χ0v) is 16.6. The van der Waals surface area contributed by atoms with Gasteiger partial charge < -0.3 is 9.80 Å². The van der Waals surface area contributed by atoms with Crippen molar-refractivity contribution in [2.24, 2.45) is 0 Å². The molecule has 0 atom stereocenters. The van der Waals surface area contributed by atoms with E-state index in [1.807, 2.05) is 48.2 Å². The van der Waals surface area contributed by atoms with Gasteiger partial charge in [-0.3, -0.25) is 9.69 Å². The van der Waals surface area contributed by atoms with Crippen molar-refractivity contribution in [1.29, 1.82) is 0 Å². The van der Waals surface area contributed by atoms with Gasteiger partial charge in [-0.15, -0.1) is 0 Å². The molecule has 1 aliphatic heterocycles. The van der Waals surface area contributed by atoms with E-state index in [4.69, 9.17) is 0 Å². The Morgan fingerprint density at radius 1 is 0.857 bits per heavy atom. The lowest BCUT2D eigenvalue weighted by Crippen LogP contribution is -2.48. The zero-order chi connectivity index (χ0) is 19.5. The van der Waals surface area contributed by atoms with Crippen LogP contribution in [0.3, 0.4) is 0 Å². The maximum absolute atomic E-state index is 12.8. The second-order valence-corrected chi connectivity index (χ2v) is 7.65. The number of hydrogen-bond donors (Lipinski definition) is 0. The van der Waals surface area contributed by atoms with Gasteiger partial charge in [0.15, 0.2) is 0 Å². The molecule has 1 heterocycles. The van der Waals surface area contributed by atoms with E-state index < -0.39 is 0 Å². The summed E-state index contributed by atoms with van der Waals surface area (Å²) in [5.41, 5.74) is 3.24. The van der Waals surface area contributed by atoms with Crippen LogP contribution in [0.1, 0.15) is 15.9 Å². The average Bonchev–Trinajstić information content (AvgIpc) is 2.74. The third-order valence-corrected chi connectivity index (χ3v) is 5.56. The molecule has 3 aromatic carbocycles. The molecule has 3 aromatic rings. The van der Waals surface area contributed by atoms with Gasteiger partial charge in [-0.25, -0.2) is 0 Å². The highest BCUT2D eigenvalue weighted by molar-refractivity contribution is 5.94. The molecule has 1 amide bonds. The van der Waals surface area contributed by atoms with E-state index in [1.54, 1.807) is 0 Å². The first-order valence-corrected chi connectivity index (χ1v) is 9.87. The number of nitrogens with zero attached hydrogens (tertiary/aromatic N) is 3. The largest absolute Gasteiger partial charge is 0.378 e. The second kappa shape index (κ2) is 8.03. The molecule has 28 heavy (non-hydrogen) atoms. The number of anilines is 1. The molecular formula is C24H27N3O. The highest BCUT2D eigenvalue weighted by Gasteiger charge is 2.22. The van der Waals surface area contributed by atoms with Gasteiger partial charge >= 0.3 is 0 Å². The molecule has 0 spiro atoms. The van der Waals surface area contributed by atoms with Crippen molar-refractivity contribution in [2.45, 2.75) is 6.54 Å². The quantitative estimate of drug-likeness (QED) is 0.695. The second-order valence-electron chi connectivity index (χ2n) is 7.65. The number of amides is 1. The summed E-state index contributed by atoms with van der Waals surface area (Å²) in [6.45, 7) is 4.30. The third kappa shape index (κ3) is 3.87. The Labute approximate surface area is 167 Å². The fraction of sp³-hybridized carbons (Fsp3) is 0.292. The minimum absolute atomic E-state index is 0.134. The summed E-state index contributed by atoms with van der Waals surface area (Å²) in [5, 5.41) is 2.61. The number of fused-ring (bicyclic) bond motifs is 1. The number of benzene rings is 3. The lowest BCUT2D eigenvalue weighted by atomic mass is 10.0. The molecule has 144 valence electrons. The zero-order valence-electron chi connectivity index (χ0n) is 16.6.